The minimum atomic E-state index is -0.00479. The van der Waals surface area contributed by atoms with Gasteiger partial charge in [-0.1, -0.05) is 13.8 Å². The van der Waals surface area contributed by atoms with Gasteiger partial charge in [0.25, 0.3) is 0 Å². The molecule has 0 aliphatic carbocycles. The zero-order valence-electron chi connectivity index (χ0n) is 15.0. The number of likely N-dealkylation sites (N-methyl/N-ethyl adjacent to an activating group) is 2. The van der Waals surface area contributed by atoms with Crippen molar-refractivity contribution < 1.29 is 4.79 Å². The number of aromatic nitrogens is 1. The molecular weight excluding hydrogens is 310 g/mol. The van der Waals surface area contributed by atoms with Gasteiger partial charge in [0.05, 0.1) is 5.01 Å². The Bertz CT molecular complexity index is 501. The predicted octanol–water partition coefficient (Wildman–Crippen LogP) is 2.01. The summed E-state index contributed by atoms with van der Waals surface area (Å²) in [6, 6.07) is 0.306. The highest BCUT2D eigenvalue weighted by Crippen LogP contribution is 2.18. The third-order valence-electron chi connectivity index (χ3n) is 3.63. The van der Waals surface area contributed by atoms with Crippen molar-refractivity contribution in [1.29, 1.82) is 0 Å². The first-order valence-corrected chi connectivity index (χ1v) is 8.84. The van der Waals surface area contributed by atoms with Crippen molar-refractivity contribution in [3.05, 3.63) is 16.6 Å². The first kappa shape index (κ1) is 19.4. The highest BCUT2D eigenvalue weighted by atomic mass is 32.1. The molecule has 1 heterocycles. The smallest absolute Gasteiger partial charge is 0.243 e. The quantitative estimate of drug-likeness (QED) is 0.610. The van der Waals surface area contributed by atoms with Gasteiger partial charge in [0.2, 0.25) is 5.91 Å². The molecule has 6 nitrogen and oxygen atoms in total. The fraction of sp³-hybridized carbons (Fsp3) is 0.688. The van der Waals surface area contributed by atoms with Gasteiger partial charge in [-0.25, -0.2) is 9.98 Å². The number of nitrogens with one attached hydrogen (secondary N) is 1. The van der Waals surface area contributed by atoms with Crippen LogP contribution in [0.25, 0.3) is 0 Å². The van der Waals surface area contributed by atoms with Crippen molar-refractivity contribution in [2.24, 2.45) is 4.99 Å². The Balaban J connectivity index is 2.76. The third kappa shape index (κ3) is 6.56. The number of carbonyl (C=O) groups excluding carboxylic acids is 1. The molecule has 0 aromatic carbocycles. The zero-order valence-corrected chi connectivity index (χ0v) is 15.9. The molecule has 0 aliphatic heterocycles. The maximum atomic E-state index is 11.8. The molecule has 1 N–H and O–H groups in total. The second kappa shape index (κ2) is 9.50. The number of carbonyl (C=O) groups is 1. The van der Waals surface area contributed by atoms with Gasteiger partial charge < -0.3 is 15.1 Å². The van der Waals surface area contributed by atoms with Crippen LogP contribution < -0.4 is 5.32 Å². The van der Waals surface area contributed by atoms with Crippen LogP contribution in [0.15, 0.2) is 16.6 Å². The number of hydrogen-bond donors (Lipinski definition) is 1. The number of rotatable bonds is 7. The van der Waals surface area contributed by atoms with Crippen LogP contribution in [0.3, 0.4) is 0 Å². The van der Waals surface area contributed by atoms with Gasteiger partial charge >= 0.3 is 0 Å². The third-order valence-corrected chi connectivity index (χ3v) is 4.64. The summed E-state index contributed by atoms with van der Waals surface area (Å²) in [5.41, 5.74) is 0. The molecule has 0 radical (unpaired) electrons. The minimum Gasteiger partial charge on any atom is -0.354 e. The second-order valence-corrected chi connectivity index (χ2v) is 6.96. The van der Waals surface area contributed by atoms with Crippen LogP contribution in [0, 0.1) is 0 Å². The van der Waals surface area contributed by atoms with E-state index < -0.39 is 0 Å². The molecule has 130 valence electrons. The molecule has 2 atom stereocenters. The van der Waals surface area contributed by atoms with Crippen LogP contribution in [-0.4, -0.2) is 66.9 Å². The van der Waals surface area contributed by atoms with Gasteiger partial charge in [0, 0.05) is 51.2 Å². The maximum absolute atomic E-state index is 11.8. The van der Waals surface area contributed by atoms with Gasteiger partial charge in [-0.2, -0.15) is 0 Å². The average Bonchev–Trinajstić information content (AvgIpc) is 3.04. The SMILES string of the molecule is CCC(C)NC(=NCC(=O)N(C)C)N(C)CC(C)c1nccs1. The average molecular weight is 340 g/mol. The van der Waals surface area contributed by atoms with E-state index in [1.165, 1.54) is 0 Å². The van der Waals surface area contributed by atoms with E-state index >= 15 is 0 Å². The predicted molar refractivity (Wildman–Crippen MR) is 97.0 cm³/mol. The van der Waals surface area contributed by atoms with Gasteiger partial charge in [0.1, 0.15) is 6.54 Å². The summed E-state index contributed by atoms with van der Waals surface area (Å²) in [4.78, 5) is 24.3. The Morgan fingerprint density at radius 2 is 2.09 bits per heavy atom. The van der Waals surface area contributed by atoms with Crippen molar-refractivity contribution in [3.63, 3.8) is 0 Å². The number of aliphatic imine (C=N–C) groups is 1. The normalized spacial score (nSPS) is 14.3. The fourth-order valence-electron chi connectivity index (χ4n) is 1.94. The molecule has 0 saturated heterocycles. The lowest BCUT2D eigenvalue weighted by molar-refractivity contribution is -0.127. The Labute approximate surface area is 143 Å². The number of hydrogen-bond acceptors (Lipinski definition) is 4. The fourth-order valence-corrected chi connectivity index (χ4v) is 2.63. The van der Waals surface area contributed by atoms with Crippen LogP contribution in [0.4, 0.5) is 0 Å². The summed E-state index contributed by atoms with van der Waals surface area (Å²) in [6.45, 7) is 7.34. The summed E-state index contributed by atoms with van der Waals surface area (Å²) < 4.78 is 0. The van der Waals surface area contributed by atoms with Crippen molar-refractivity contribution >= 4 is 23.2 Å². The topological polar surface area (TPSA) is 60.8 Å². The second-order valence-electron chi connectivity index (χ2n) is 6.03. The molecule has 0 saturated carbocycles. The zero-order chi connectivity index (χ0) is 17.4. The lowest BCUT2D eigenvalue weighted by Gasteiger charge is -2.27. The number of nitrogens with zero attached hydrogens (tertiary/aromatic N) is 4. The lowest BCUT2D eigenvalue weighted by Crippen LogP contribution is -2.45. The van der Waals surface area contributed by atoms with E-state index in [1.54, 1.807) is 30.3 Å². The Kier molecular flexibility index (Phi) is 8.02. The molecule has 1 rings (SSSR count). The molecule has 1 amide bonds. The van der Waals surface area contributed by atoms with Crippen molar-refractivity contribution in [1.82, 2.24) is 20.1 Å². The Hall–Kier alpha value is -1.63. The maximum Gasteiger partial charge on any atom is 0.243 e. The minimum absolute atomic E-state index is 0.00479. The highest BCUT2D eigenvalue weighted by molar-refractivity contribution is 7.09. The van der Waals surface area contributed by atoms with Crippen LogP contribution in [-0.2, 0) is 4.79 Å². The van der Waals surface area contributed by atoms with E-state index in [4.69, 9.17) is 0 Å². The van der Waals surface area contributed by atoms with Crippen molar-refractivity contribution in [3.8, 4) is 0 Å². The first-order valence-electron chi connectivity index (χ1n) is 7.96. The van der Waals surface area contributed by atoms with E-state index in [9.17, 15) is 4.79 Å². The molecule has 0 fully saturated rings. The largest absolute Gasteiger partial charge is 0.354 e. The molecular formula is C16H29N5OS. The number of guanidine groups is 1. The van der Waals surface area contributed by atoms with Gasteiger partial charge in [-0.3, -0.25) is 4.79 Å². The summed E-state index contributed by atoms with van der Waals surface area (Å²) >= 11 is 1.67. The van der Waals surface area contributed by atoms with E-state index in [0.717, 1.165) is 23.9 Å². The summed E-state index contributed by atoms with van der Waals surface area (Å²) in [5.74, 6) is 1.07. The molecule has 0 spiro atoms. The Morgan fingerprint density at radius 1 is 1.39 bits per heavy atom. The molecule has 2 unspecified atom stereocenters. The molecule has 0 bridgehead atoms. The van der Waals surface area contributed by atoms with Crippen LogP contribution in [0.1, 0.15) is 38.1 Å². The van der Waals surface area contributed by atoms with Gasteiger partial charge in [0.15, 0.2) is 5.96 Å². The Morgan fingerprint density at radius 3 is 2.61 bits per heavy atom. The summed E-state index contributed by atoms with van der Waals surface area (Å²) in [7, 11) is 5.49. The van der Waals surface area contributed by atoms with E-state index in [1.807, 2.05) is 18.6 Å². The summed E-state index contributed by atoms with van der Waals surface area (Å²) in [6.07, 6.45) is 2.83. The van der Waals surface area contributed by atoms with Crippen LogP contribution in [0.5, 0.6) is 0 Å². The first-order chi connectivity index (χ1) is 10.8. The van der Waals surface area contributed by atoms with Crippen LogP contribution >= 0.6 is 11.3 Å². The van der Waals surface area contributed by atoms with Gasteiger partial charge in [-0.15, -0.1) is 11.3 Å². The van der Waals surface area contributed by atoms with E-state index in [-0.39, 0.29) is 12.5 Å². The highest BCUT2D eigenvalue weighted by Gasteiger charge is 2.16. The van der Waals surface area contributed by atoms with Gasteiger partial charge in [-0.05, 0) is 13.3 Å². The number of amides is 1. The van der Waals surface area contributed by atoms with E-state index in [0.29, 0.717) is 12.0 Å². The molecule has 23 heavy (non-hydrogen) atoms. The standard InChI is InChI=1S/C16H29N5OS/c1-7-13(3)19-16(18-10-14(22)20(4)5)21(6)11-12(2)15-17-8-9-23-15/h8-9,12-13H,7,10-11H2,1-6H3,(H,18,19). The molecule has 0 aliphatic rings. The molecule has 7 heteroatoms. The van der Waals surface area contributed by atoms with E-state index in [2.05, 4.69) is 41.0 Å². The number of thiazole rings is 1. The monoisotopic (exact) mass is 339 g/mol. The van der Waals surface area contributed by atoms with Crippen molar-refractivity contribution in [2.75, 3.05) is 34.2 Å². The van der Waals surface area contributed by atoms with Crippen LogP contribution in [0.2, 0.25) is 0 Å². The summed E-state index contributed by atoms with van der Waals surface area (Å²) in [5, 5.41) is 6.51. The molecule has 1 aromatic heterocycles. The van der Waals surface area contributed by atoms with Crippen molar-refractivity contribution in [2.45, 2.75) is 39.2 Å². The molecule has 1 aromatic rings. The lowest BCUT2D eigenvalue weighted by atomic mass is 10.2.